The molecule has 2 aromatic rings. The van der Waals surface area contributed by atoms with Gasteiger partial charge in [0.2, 0.25) is 0 Å². The molecule has 1 amide bonds. The van der Waals surface area contributed by atoms with E-state index in [0.29, 0.717) is 30.7 Å². The van der Waals surface area contributed by atoms with E-state index >= 15 is 0 Å². The van der Waals surface area contributed by atoms with Crippen molar-refractivity contribution in [3.05, 3.63) is 40.1 Å². The quantitative estimate of drug-likeness (QED) is 0.554. The van der Waals surface area contributed by atoms with E-state index in [4.69, 9.17) is 0 Å². The molecule has 1 saturated heterocycles. The maximum atomic E-state index is 12.8. The Hall–Kier alpha value is -1.84. The van der Waals surface area contributed by atoms with Crippen molar-refractivity contribution in [2.75, 3.05) is 25.4 Å². The van der Waals surface area contributed by atoms with Gasteiger partial charge in [-0.05, 0) is 31.0 Å². The second-order valence-electron chi connectivity index (χ2n) is 6.87. The van der Waals surface area contributed by atoms with Crippen LogP contribution in [0.25, 0.3) is 0 Å². The normalized spacial score (nSPS) is 20.5. The van der Waals surface area contributed by atoms with Crippen LogP contribution < -0.4 is 16.2 Å². The van der Waals surface area contributed by atoms with Crippen molar-refractivity contribution >= 4 is 30.1 Å². The number of piperidine rings is 1. The monoisotopic (exact) mass is 410 g/mol. The number of carbonyl (C=O) groups is 1. The minimum Gasteiger partial charge on any atom is -0.351 e. The summed E-state index contributed by atoms with van der Waals surface area (Å²) in [5, 5.41) is 14.9. The molecule has 10 heteroatoms. The molecule has 2 aromatic heterocycles. The lowest BCUT2D eigenvalue weighted by Crippen LogP contribution is -2.46. The smallest absolute Gasteiger partial charge is 0.263 e. The van der Waals surface area contributed by atoms with Crippen molar-refractivity contribution < 1.29 is 4.79 Å². The highest BCUT2D eigenvalue weighted by atomic mass is 35.5. The molecule has 0 saturated carbocycles. The first-order chi connectivity index (χ1) is 12.6. The molecule has 1 fully saturated rings. The molecule has 4 rings (SSSR count). The van der Waals surface area contributed by atoms with Crippen molar-refractivity contribution in [1.82, 2.24) is 30.0 Å². The molecule has 2 N–H and O–H groups in total. The molecular formula is C17H23ClN6O2S. The first kappa shape index (κ1) is 19.9. The molecule has 2 aliphatic heterocycles. The lowest BCUT2D eigenvalue weighted by molar-refractivity contribution is 0.0953. The van der Waals surface area contributed by atoms with Crippen molar-refractivity contribution in [1.29, 1.82) is 0 Å². The number of amides is 1. The Labute approximate surface area is 167 Å². The highest BCUT2D eigenvalue weighted by Gasteiger charge is 2.31. The summed E-state index contributed by atoms with van der Waals surface area (Å²) >= 11 is 1.51. The number of fused-ring (bicyclic) bond motifs is 4. The summed E-state index contributed by atoms with van der Waals surface area (Å²) in [5.74, 6) is 1.20. The second-order valence-corrected chi connectivity index (χ2v) is 7.94. The summed E-state index contributed by atoms with van der Waals surface area (Å²) in [6.07, 6.45) is 2.76. The average molecular weight is 411 g/mol. The van der Waals surface area contributed by atoms with Crippen molar-refractivity contribution in [3.8, 4) is 0 Å². The summed E-state index contributed by atoms with van der Waals surface area (Å²) in [6.45, 7) is 3.01. The molecule has 2 atom stereocenters. The van der Waals surface area contributed by atoms with E-state index in [1.807, 2.05) is 22.2 Å². The maximum absolute atomic E-state index is 12.8. The summed E-state index contributed by atoms with van der Waals surface area (Å²) in [5.41, 5.74) is 1.11. The van der Waals surface area contributed by atoms with Crippen LogP contribution in [0, 0.1) is 5.92 Å². The summed E-state index contributed by atoms with van der Waals surface area (Å²) in [6, 6.07) is 3.62. The van der Waals surface area contributed by atoms with Gasteiger partial charge in [0.05, 0.1) is 0 Å². The number of hydrogen-bond donors (Lipinski definition) is 2. The molecule has 0 aliphatic carbocycles. The van der Waals surface area contributed by atoms with Crippen molar-refractivity contribution in [3.63, 3.8) is 0 Å². The average Bonchev–Trinajstić information content (AvgIpc) is 3.05. The van der Waals surface area contributed by atoms with Crippen LogP contribution in [0.3, 0.4) is 0 Å². The van der Waals surface area contributed by atoms with Gasteiger partial charge in [-0.15, -0.1) is 22.6 Å². The topological polar surface area (TPSA) is 93.8 Å². The first-order valence-corrected chi connectivity index (χ1v) is 9.81. The van der Waals surface area contributed by atoms with Gasteiger partial charge in [0.1, 0.15) is 11.9 Å². The Balaban J connectivity index is 0.00000210. The third kappa shape index (κ3) is 4.04. The maximum Gasteiger partial charge on any atom is 0.263 e. The van der Waals surface area contributed by atoms with E-state index in [2.05, 4.69) is 20.8 Å². The fraction of sp³-hybridized carbons (Fsp3) is 0.529. The number of pyridine rings is 1. The lowest BCUT2D eigenvalue weighted by Gasteiger charge is -2.37. The Morgan fingerprint density at radius 2 is 2.26 bits per heavy atom. The molecule has 4 heterocycles. The van der Waals surface area contributed by atoms with Crippen LogP contribution in [-0.4, -0.2) is 50.6 Å². The number of aromatic nitrogens is 4. The fourth-order valence-corrected chi connectivity index (χ4v) is 4.51. The molecule has 2 aliphatic rings. The van der Waals surface area contributed by atoms with Crippen LogP contribution in [0.2, 0.25) is 0 Å². The second kappa shape index (κ2) is 8.45. The zero-order valence-electron chi connectivity index (χ0n) is 15.1. The zero-order chi connectivity index (χ0) is 18.1. The van der Waals surface area contributed by atoms with Gasteiger partial charge in [0, 0.05) is 44.0 Å². The van der Waals surface area contributed by atoms with E-state index in [1.54, 1.807) is 12.4 Å². The van der Waals surface area contributed by atoms with Crippen LogP contribution in [0.4, 0.5) is 0 Å². The summed E-state index contributed by atoms with van der Waals surface area (Å²) < 4.78 is 3.64. The fourth-order valence-electron chi connectivity index (χ4n) is 3.77. The van der Waals surface area contributed by atoms with Crippen LogP contribution in [0.1, 0.15) is 28.4 Å². The minimum atomic E-state index is -0.308. The van der Waals surface area contributed by atoms with Gasteiger partial charge in [-0.1, -0.05) is 11.8 Å². The van der Waals surface area contributed by atoms with E-state index in [9.17, 15) is 9.59 Å². The SMILES string of the molecule is Cl.Cn1cnnc1SCCNC(=O)c1ccc2n(c1=O)C[C@@H]1CNC[C@H]2C1. The molecule has 0 unspecified atom stereocenters. The zero-order valence-corrected chi connectivity index (χ0v) is 16.7. The predicted octanol–water partition coefficient (Wildman–Crippen LogP) is 0.627. The number of halogens is 1. The number of aryl methyl sites for hydroxylation is 1. The number of nitrogens with one attached hydrogen (secondary N) is 2. The lowest BCUT2D eigenvalue weighted by atomic mass is 9.84. The molecule has 2 bridgehead atoms. The van der Waals surface area contributed by atoms with Gasteiger partial charge in [-0.3, -0.25) is 9.59 Å². The Bertz CT molecular complexity index is 883. The molecule has 8 nitrogen and oxygen atoms in total. The van der Waals surface area contributed by atoms with Crippen molar-refractivity contribution in [2.24, 2.45) is 13.0 Å². The number of thioether (sulfide) groups is 1. The molecule has 146 valence electrons. The Morgan fingerprint density at radius 3 is 3.04 bits per heavy atom. The van der Waals surface area contributed by atoms with Gasteiger partial charge in [-0.25, -0.2) is 0 Å². The largest absolute Gasteiger partial charge is 0.351 e. The molecule has 0 radical (unpaired) electrons. The van der Waals surface area contributed by atoms with Gasteiger partial charge in [-0.2, -0.15) is 0 Å². The van der Waals surface area contributed by atoms with Crippen molar-refractivity contribution in [2.45, 2.75) is 24.0 Å². The number of nitrogens with zero attached hydrogens (tertiary/aromatic N) is 4. The van der Waals surface area contributed by atoms with Crippen LogP contribution in [0.5, 0.6) is 0 Å². The highest BCUT2D eigenvalue weighted by molar-refractivity contribution is 7.99. The third-order valence-electron chi connectivity index (χ3n) is 5.04. The molecular weight excluding hydrogens is 388 g/mol. The standard InChI is InChI=1S/C17H22N6O2S.ClH/c1-22-10-20-21-17(22)26-5-4-19-15(24)13-2-3-14-12-6-11(7-18-8-12)9-23(14)16(13)25;/h2-3,10-12,18H,4-9H2,1H3,(H,19,24);1H/t11-,12+;/m0./s1. The summed E-state index contributed by atoms with van der Waals surface area (Å²) in [7, 11) is 1.87. The van der Waals surface area contributed by atoms with Gasteiger partial charge in [0.25, 0.3) is 11.5 Å². The van der Waals surface area contributed by atoms with Crippen LogP contribution >= 0.6 is 24.2 Å². The molecule has 27 heavy (non-hydrogen) atoms. The van der Waals surface area contributed by atoms with Gasteiger partial charge in [0.15, 0.2) is 5.16 Å². The third-order valence-corrected chi connectivity index (χ3v) is 6.08. The number of rotatable bonds is 5. The first-order valence-electron chi connectivity index (χ1n) is 8.83. The van der Waals surface area contributed by atoms with E-state index in [1.165, 1.54) is 11.8 Å². The molecule has 0 aromatic carbocycles. The Morgan fingerprint density at radius 1 is 1.41 bits per heavy atom. The Kier molecular flexibility index (Phi) is 6.23. The minimum absolute atomic E-state index is 0. The number of hydrogen-bond acceptors (Lipinski definition) is 6. The van der Waals surface area contributed by atoms with Crippen LogP contribution in [0.15, 0.2) is 28.4 Å². The van der Waals surface area contributed by atoms with E-state index in [0.717, 1.165) is 30.4 Å². The number of carbonyl (C=O) groups excluding carboxylic acids is 1. The summed E-state index contributed by atoms with van der Waals surface area (Å²) in [4.78, 5) is 25.3. The van der Waals surface area contributed by atoms with Gasteiger partial charge < -0.3 is 19.8 Å². The van der Waals surface area contributed by atoms with E-state index in [-0.39, 0.29) is 29.4 Å². The van der Waals surface area contributed by atoms with Gasteiger partial charge >= 0.3 is 0 Å². The van der Waals surface area contributed by atoms with Crippen LogP contribution in [-0.2, 0) is 13.6 Å². The predicted molar refractivity (Wildman–Crippen MR) is 106 cm³/mol. The highest BCUT2D eigenvalue weighted by Crippen LogP contribution is 2.31. The molecule has 0 spiro atoms. The van der Waals surface area contributed by atoms with E-state index < -0.39 is 0 Å².